The Bertz CT molecular complexity index is 511. The molecule has 0 atom stereocenters. The number of hydrogen-bond acceptors (Lipinski definition) is 4. The Morgan fingerprint density at radius 3 is 2.27 bits per heavy atom. The number of rotatable bonds is 7. The van der Waals surface area contributed by atoms with Crippen molar-refractivity contribution in [3.05, 3.63) is 29.3 Å². The Morgan fingerprint density at radius 1 is 1.09 bits per heavy atom. The van der Waals surface area contributed by atoms with E-state index in [9.17, 15) is 9.59 Å². The van der Waals surface area contributed by atoms with Crippen LogP contribution in [0.5, 0.6) is 0 Å². The summed E-state index contributed by atoms with van der Waals surface area (Å²) in [6.45, 7) is 8.57. The number of carbonyl (C=O) groups excluding carboxylic acids is 2. The molecule has 0 spiro atoms. The zero-order chi connectivity index (χ0) is 16.5. The maximum atomic E-state index is 11.9. The zero-order valence-corrected chi connectivity index (χ0v) is 13.6. The van der Waals surface area contributed by atoms with Crippen LogP contribution in [-0.2, 0) is 19.1 Å². The molecule has 0 unspecified atom stereocenters. The molecule has 0 radical (unpaired) electrons. The van der Waals surface area contributed by atoms with Gasteiger partial charge in [0.15, 0.2) is 6.29 Å². The number of carbonyl (C=O) groups is 2. The molecule has 122 valence electrons. The van der Waals surface area contributed by atoms with Crippen molar-refractivity contribution in [3.63, 3.8) is 0 Å². The van der Waals surface area contributed by atoms with Crippen LogP contribution in [0.4, 0.5) is 5.69 Å². The highest BCUT2D eigenvalue weighted by Crippen LogP contribution is 2.15. The molecule has 2 N–H and O–H groups in total. The lowest BCUT2D eigenvalue weighted by atomic mass is 10.1. The third-order valence-electron chi connectivity index (χ3n) is 2.97. The second kappa shape index (κ2) is 9.17. The smallest absolute Gasteiger partial charge is 0.313 e. The minimum Gasteiger partial charge on any atom is -0.351 e. The van der Waals surface area contributed by atoms with Crippen LogP contribution in [0.3, 0.4) is 0 Å². The fraction of sp³-hybridized carbons (Fsp3) is 0.500. The topological polar surface area (TPSA) is 76.7 Å². The summed E-state index contributed by atoms with van der Waals surface area (Å²) in [6, 6.07) is 5.59. The van der Waals surface area contributed by atoms with Gasteiger partial charge in [0.1, 0.15) is 0 Å². The largest absolute Gasteiger partial charge is 0.351 e. The summed E-state index contributed by atoms with van der Waals surface area (Å²) in [5.74, 6) is -1.43. The van der Waals surface area contributed by atoms with E-state index < -0.39 is 18.1 Å². The molecular weight excluding hydrogens is 284 g/mol. The molecule has 0 aliphatic carbocycles. The number of nitrogens with one attached hydrogen (secondary N) is 2. The number of ether oxygens (including phenoxy) is 2. The van der Waals surface area contributed by atoms with E-state index in [1.807, 2.05) is 39.8 Å². The van der Waals surface area contributed by atoms with Crippen molar-refractivity contribution >= 4 is 17.5 Å². The van der Waals surface area contributed by atoms with Gasteiger partial charge in [-0.3, -0.25) is 9.59 Å². The molecular formula is C16H24N2O4. The average molecular weight is 308 g/mol. The first-order chi connectivity index (χ1) is 10.5. The van der Waals surface area contributed by atoms with Crippen molar-refractivity contribution < 1.29 is 19.1 Å². The zero-order valence-electron chi connectivity index (χ0n) is 13.6. The molecule has 1 rings (SSSR count). The fourth-order valence-corrected chi connectivity index (χ4v) is 1.93. The molecule has 22 heavy (non-hydrogen) atoms. The average Bonchev–Trinajstić information content (AvgIpc) is 2.47. The predicted molar refractivity (Wildman–Crippen MR) is 84.6 cm³/mol. The third kappa shape index (κ3) is 5.83. The molecule has 0 bridgehead atoms. The normalized spacial score (nSPS) is 10.6. The summed E-state index contributed by atoms with van der Waals surface area (Å²) < 4.78 is 10.6. The Balaban J connectivity index is 2.52. The van der Waals surface area contributed by atoms with Gasteiger partial charge in [0, 0.05) is 18.9 Å². The lowest BCUT2D eigenvalue weighted by molar-refractivity contribution is -0.145. The van der Waals surface area contributed by atoms with Crippen molar-refractivity contribution in [1.82, 2.24) is 5.32 Å². The molecule has 1 aromatic carbocycles. The van der Waals surface area contributed by atoms with E-state index in [1.54, 1.807) is 6.07 Å². The monoisotopic (exact) mass is 308 g/mol. The molecule has 6 heteroatoms. The first-order valence-corrected chi connectivity index (χ1v) is 7.37. The van der Waals surface area contributed by atoms with Gasteiger partial charge in [0.05, 0.1) is 6.54 Å². The van der Waals surface area contributed by atoms with Crippen molar-refractivity contribution in [2.24, 2.45) is 0 Å². The van der Waals surface area contributed by atoms with Crippen LogP contribution in [-0.4, -0.2) is 37.9 Å². The van der Waals surface area contributed by atoms with Gasteiger partial charge < -0.3 is 20.1 Å². The minimum atomic E-state index is -0.718. The summed E-state index contributed by atoms with van der Waals surface area (Å²) in [5.41, 5.74) is 2.62. The number of benzene rings is 1. The first-order valence-electron chi connectivity index (χ1n) is 7.37. The lowest BCUT2D eigenvalue weighted by Gasteiger charge is -2.17. The predicted octanol–water partition coefficient (Wildman–Crippen LogP) is 1.76. The Labute approximate surface area is 131 Å². The first kappa shape index (κ1) is 18.1. The van der Waals surface area contributed by atoms with Gasteiger partial charge in [-0.1, -0.05) is 17.7 Å². The summed E-state index contributed by atoms with van der Waals surface area (Å²) in [4.78, 5) is 23.7. The summed E-state index contributed by atoms with van der Waals surface area (Å²) in [7, 11) is 0. The molecule has 0 fully saturated rings. The molecule has 2 amide bonds. The maximum absolute atomic E-state index is 11.9. The van der Waals surface area contributed by atoms with E-state index in [-0.39, 0.29) is 6.54 Å². The van der Waals surface area contributed by atoms with Crippen LogP contribution in [0.15, 0.2) is 18.2 Å². The second-order valence-electron chi connectivity index (χ2n) is 4.82. The second-order valence-corrected chi connectivity index (χ2v) is 4.82. The summed E-state index contributed by atoms with van der Waals surface area (Å²) >= 11 is 0. The maximum Gasteiger partial charge on any atom is 0.313 e. The highest BCUT2D eigenvalue weighted by Gasteiger charge is 2.17. The van der Waals surface area contributed by atoms with Crippen molar-refractivity contribution in [1.29, 1.82) is 0 Å². The van der Waals surface area contributed by atoms with Crippen LogP contribution >= 0.6 is 0 Å². The van der Waals surface area contributed by atoms with Gasteiger partial charge in [-0.2, -0.15) is 0 Å². The van der Waals surface area contributed by atoms with E-state index in [0.717, 1.165) is 11.1 Å². The number of amides is 2. The Kier molecular flexibility index (Phi) is 7.56. The van der Waals surface area contributed by atoms with Crippen LogP contribution in [0.25, 0.3) is 0 Å². The van der Waals surface area contributed by atoms with E-state index in [1.165, 1.54) is 0 Å². The number of aryl methyl sites for hydroxylation is 2. The van der Waals surface area contributed by atoms with E-state index in [0.29, 0.717) is 18.9 Å². The molecule has 0 aliphatic rings. The summed E-state index contributed by atoms with van der Waals surface area (Å²) in [6.07, 6.45) is -0.548. The van der Waals surface area contributed by atoms with Gasteiger partial charge in [-0.05, 0) is 39.3 Å². The molecule has 1 aromatic rings. The van der Waals surface area contributed by atoms with E-state index in [4.69, 9.17) is 9.47 Å². The van der Waals surface area contributed by atoms with Gasteiger partial charge in [0.25, 0.3) is 0 Å². The highest BCUT2D eigenvalue weighted by atomic mass is 16.7. The molecule has 6 nitrogen and oxygen atoms in total. The Hall–Kier alpha value is -1.92. The van der Waals surface area contributed by atoms with Crippen LogP contribution in [0.2, 0.25) is 0 Å². The van der Waals surface area contributed by atoms with Crippen LogP contribution in [0, 0.1) is 13.8 Å². The third-order valence-corrected chi connectivity index (χ3v) is 2.97. The van der Waals surface area contributed by atoms with E-state index in [2.05, 4.69) is 10.6 Å². The lowest BCUT2D eigenvalue weighted by Crippen LogP contribution is -2.41. The van der Waals surface area contributed by atoms with E-state index >= 15 is 0 Å². The molecule has 0 saturated heterocycles. The number of anilines is 1. The minimum absolute atomic E-state index is 0.126. The quantitative estimate of drug-likeness (QED) is 0.594. The van der Waals surface area contributed by atoms with Crippen molar-refractivity contribution in [3.8, 4) is 0 Å². The van der Waals surface area contributed by atoms with Crippen LogP contribution in [0.1, 0.15) is 25.0 Å². The molecule has 0 saturated carbocycles. The molecule has 0 heterocycles. The SMILES string of the molecule is CCOC(CNC(=O)C(=O)Nc1ccc(C)cc1C)OCC. The summed E-state index contributed by atoms with van der Waals surface area (Å²) in [5, 5.41) is 5.09. The Morgan fingerprint density at radius 2 is 1.73 bits per heavy atom. The fourth-order valence-electron chi connectivity index (χ4n) is 1.93. The highest BCUT2D eigenvalue weighted by molar-refractivity contribution is 6.39. The van der Waals surface area contributed by atoms with Gasteiger partial charge in [-0.15, -0.1) is 0 Å². The van der Waals surface area contributed by atoms with Crippen molar-refractivity contribution in [2.75, 3.05) is 25.1 Å². The van der Waals surface area contributed by atoms with Gasteiger partial charge in [0.2, 0.25) is 0 Å². The molecule has 0 aliphatic heterocycles. The van der Waals surface area contributed by atoms with Gasteiger partial charge in [-0.25, -0.2) is 0 Å². The van der Waals surface area contributed by atoms with Crippen LogP contribution < -0.4 is 10.6 Å². The van der Waals surface area contributed by atoms with Gasteiger partial charge >= 0.3 is 11.8 Å². The number of hydrogen-bond donors (Lipinski definition) is 2. The van der Waals surface area contributed by atoms with Crippen molar-refractivity contribution in [2.45, 2.75) is 34.0 Å². The molecule has 0 aromatic heterocycles. The standard InChI is InChI=1S/C16H24N2O4/c1-5-21-14(22-6-2)10-17-15(19)16(20)18-13-8-7-11(3)9-12(13)4/h7-9,14H,5-6,10H2,1-4H3,(H,17,19)(H,18,20).